The van der Waals surface area contributed by atoms with Gasteiger partial charge in [-0.15, -0.1) is 0 Å². The van der Waals surface area contributed by atoms with Gasteiger partial charge in [0.15, 0.2) is 0 Å². The van der Waals surface area contributed by atoms with Gasteiger partial charge in [0.25, 0.3) is 0 Å². The number of nitrogens with zero attached hydrogens (tertiary/aromatic N) is 1. The maximum absolute atomic E-state index is 11.9. The molecule has 5 heteroatoms. The van der Waals surface area contributed by atoms with Crippen molar-refractivity contribution >= 4 is 12.1 Å². The number of carboxylic acids is 1. The minimum atomic E-state index is -0.932. The molecule has 1 aliphatic carbocycles. The number of rotatable bonds is 1. The van der Waals surface area contributed by atoms with Crippen LogP contribution in [0.25, 0.3) is 0 Å². The van der Waals surface area contributed by atoms with E-state index in [2.05, 4.69) is 0 Å². The van der Waals surface area contributed by atoms with Crippen LogP contribution in [0.4, 0.5) is 4.79 Å². The molecule has 0 aromatic carbocycles. The SMILES string of the molecule is CC(C)(C)OC(=O)N1C(C(=O)O)CC2CC21. The lowest BCUT2D eigenvalue weighted by molar-refractivity contribution is -0.142. The predicted molar refractivity (Wildman–Crippen MR) is 56.0 cm³/mol. The van der Waals surface area contributed by atoms with Gasteiger partial charge in [-0.2, -0.15) is 0 Å². The molecule has 1 amide bonds. The number of piperidine rings is 1. The minimum Gasteiger partial charge on any atom is -0.480 e. The van der Waals surface area contributed by atoms with E-state index in [1.54, 1.807) is 20.8 Å². The van der Waals surface area contributed by atoms with E-state index in [4.69, 9.17) is 9.84 Å². The van der Waals surface area contributed by atoms with Gasteiger partial charge in [0, 0.05) is 6.04 Å². The van der Waals surface area contributed by atoms with Crippen LogP contribution < -0.4 is 0 Å². The summed E-state index contributed by atoms with van der Waals surface area (Å²) in [7, 11) is 0. The van der Waals surface area contributed by atoms with Crippen LogP contribution in [0.3, 0.4) is 0 Å². The van der Waals surface area contributed by atoms with Crippen LogP contribution in [0, 0.1) is 5.92 Å². The second kappa shape index (κ2) is 3.37. The summed E-state index contributed by atoms with van der Waals surface area (Å²) in [5, 5.41) is 9.02. The van der Waals surface area contributed by atoms with Crippen molar-refractivity contribution in [3.63, 3.8) is 0 Å². The van der Waals surface area contributed by atoms with Crippen molar-refractivity contribution in [2.45, 2.75) is 51.3 Å². The highest BCUT2D eigenvalue weighted by Gasteiger charge is 2.57. The number of aliphatic carboxylic acids is 1. The van der Waals surface area contributed by atoms with E-state index in [0.717, 1.165) is 6.42 Å². The van der Waals surface area contributed by atoms with E-state index >= 15 is 0 Å². The summed E-state index contributed by atoms with van der Waals surface area (Å²) in [6.07, 6.45) is 0.993. The second-order valence-electron chi connectivity index (χ2n) is 5.54. The van der Waals surface area contributed by atoms with Crippen LogP contribution in [-0.2, 0) is 9.53 Å². The van der Waals surface area contributed by atoms with Crippen molar-refractivity contribution in [1.29, 1.82) is 0 Å². The summed E-state index contributed by atoms with van der Waals surface area (Å²) in [6, 6.07) is -0.602. The summed E-state index contributed by atoms with van der Waals surface area (Å²) in [5.41, 5.74) is -0.576. The Balaban J connectivity index is 2.07. The normalized spacial score (nSPS) is 32.2. The zero-order valence-electron chi connectivity index (χ0n) is 9.77. The third-order valence-corrected chi connectivity index (χ3v) is 2.99. The maximum atomic E-state index is 11.9. The molecule has 16 heavy (non-hydrogen) atoms. The van der Waals surface area contributed by atoms with Crippen molar-refractivity contribution in [2.75, 3.05) is 0 Å². The van der Waals surface area contributed by atoms with E-state index in [1.165, 1.54) is 4.90 Å². The van der Waals surface area contributed by atoms with Crippen LogP contribution in [0.2, 0.25) is 0 Å². The van der Waals surface area contributed by atoms with Crippen molar-refractivity contribution < 1.29 is 19.4 Å². The highest BCUT2D eigenvalue weighted by molar-refractivity contribution is 5.82. The average molecular weight is 227 g/mol. The van der Waals surface area contributed by atoms with Gasteiger partial charge in [-0.1, -0.05) is 0 Å². The van der Waals surface area contributed by atoms with E-state index in [-0.39, 0.29) is 6.04 Å². The molecular weight excluding hydrogens is 210 g/mol. The van der Waals surface area contributed by atoms with Crippen LogP contribution in [0.5, 0.6) is 0 Å². The van der Waals surface area contributed by atoms with Gasteiger partial charge in [0.2, 0.25) is 0 Å². The first-order chi connectivity index (χ1) is 7.29. The number of carboxylic acid groups (broad SMARTS) is 1. The van der Waals surface area contributed by atoms with Crippen molar-refractivity contribution in [3.8, 4) is 0 Å². The molecule has 90 valence electrons. The Bertz CT molecular complexity index is 333. The Morgan fingerprint density at radius 1 is 1.31 bits per heavy atom. The summed E-state index contributed by atoms with van der Waals surface area (Å²) in [5.74, 6) is -0.563. The number of hydrogen-bond donors (Lipinski definition) is 1. The fraction of sp³-hybridized carbons (Fsp3) is 0.818. The van der Waals surface area contributed by atoms with Crippen LogP contribution in [0.1, 0.15) is 33.6 Å². The second-order valence-corrected chi connectivity index (χ2v) is 5.54. The average Bonchev–Trinajstić information content (AvgIpc) is 2.73. The topological polar surface area (TPSA) is 66.8 Å². The smallest absolute Gasteiger partial charge is 0.411 e. The molecule has 0 aromatic heterocycles. The van der Waals surface area contributed by atoms with E-state index < -0.39 is 23.7 Å². The van der Waals surface area contributed by atoms with Crippen LogP contribution >= 0.6 is 0 Å². The molecule has 0 aromatic rings. The molecule has 1 aliphatic heterocycles. The molecule has 0 radical (unpaired) electrons. The summed E-state index contributed by atoms with van der Waals surface area (Å²) in [6.45, 7) is 5.34. The van der Waals surface area contributed by atoms with Gasteiger partial charge in [-0.3, -0.25) is 4.90 Å². The molecule has 1 saturated heterocycles. The number of hydrogen-bond acceptors (Lipinski definition) is 3. The lowest BCUT2D eigenvalue weighted by atomic mass is 10.2. The number of carbonyl (C=O) groups excluding carboxylic acids is 1. The number of fused-ring (bicyclic) bond motifs is 1. The molecule has 5 nitrogen and oxygen atoms in total. The molecule has 2 aliphatic rings. The third kappa shape index (κ3) is 1.99. The summed E-state index contributed by atoms with van der Waals surface area (Å²) < 4.78 is 5.22. The minimum absolute atomic E-state index is 0.0935. The molecule has 1 heterocycles. The fourth-order valence-corrected chi connectivity index (χ4v) is 2.25. The van der Waals surface area contributed by atoms with Gasteiger partial charge in [0.05, 0.1) is 0 Å². The van der Waals surface area contributed by atoms with Gasteiger partial charge < -0.3 is 9.84 Å². The first-order valence-corrected chi connectivity index (χ1v) is 5.54. The standard InChI is InChI=1S/C11H17NO4/c1-11(2,3)16-10(15)12-7-4-6(7)5-8(12)9(13)14/h6-8H,4-5H2,1-3H3,(H,13,14). The van der Waals surface area contributed by atoms with Crippen molar-refractivity contribution in [2.24, 2.45) is 5.92 Å². The Labute approximate surface area is 94.4 Å². The monoisotopic (exact) mass is 227 g/mol. The molecule has 2 fully saturated rings. The summed E-state index contributed by atoms with van der Waals surface area (Å²) >= 11 is 0. The largest absolute Gasteiger partial charge is 0.480 e. The highest BCUT2D eigenvalue weighted by Crippen LogP contribution is 2.48. The van der Waals surface area contributed by atoms with Gasteiger partial charge >= 0.3 is 12.1 Å². The molecule has 1 saturated carbocycles. The van der Waals surface area contributed by atoms with E-state index in [1.807, 2.05) is 0 Å². The van der Waals surface area contributed by atoms with Crippen molar-refractivity contribution in [1.82, 2.24) is 4.90 Å². The fourth-order valence-electron chi connectivity index (χ4n) is 2.25. The van der Waals surface area contributed by atoms with E-state index in [9.17, 15) is 9.59 Å². The molecule has 0 spiro atoms. The quantitative estimate of drug-likeness (QED) is 0.736. The van der Waals surface area contributed by atoms with E-state index in [0.29, 0.717) is 12.3 Å². The van der Waals surface area contributed by atoms with Gasteiger partial charge in [-0.05, 0) is 39.5 Å². The first kappa shape index (κ1) is 11.2. The maximum Gasteiger partial charge on any atom is 0.411 e. The Hall–Kier alpha value is -1.26. The summed E-state index contributed by atoms with van der Waals surface area (Å²) in [4.78, 5) is 24.3. The van der Waals surface area contributed by atoms with Crippen molar-refractivity contribution in [3.05, 3.63) is 0 Å². The third-order valence-electron chi connectivity index (χ3n) is 2.99. The van der Waals surface area contributed by atoms with Crippen LogP contribution in [0.15, 0.2) is 0 Å². The molecule has 1 N–H and O–H groups in total. The Morgan fingerprint density at radius 2 is 1.94 bits per heavy atom. The first-order valence-electron chi connectivity index (χ1n) is 5.54. The van der Waals surface area contributed by atoms with Crippen LogP contribution in [-0.4, -0.2) is 39.8 Å². The number of ether oxygens (including phenoxy) is 1. The molecular formula is C11H17NO4. The predicted octanol–water partition coefficient (Wildman–Crippen LogP) is 1.47. The Kier molecular flexibility index (Phi) is 2.36. The lowest BCUT2D eigenvalue weighted by Crippen LogP contribution is -2.45. The zero-order valence-corrected chi connectivity index (χ0v) is 9.77. The highest BCUT2D eigenvalue weighted by atomic mass is 16.6. The number of carbonyl (C=O) groups is 2. The molecule has 3 atom stereocenters. The molecule has 3 unspecified atom stereocenters. The lowest BCUT2D eigenvalue weighted by Gasteiger charge is -2.28. The molecule has 2 rings (SSSR count). The van der Waals surface area contributed by atoms with Gasteiger partial charge in [0.1, 0.15) is 11.6 Å². The van der Waals surface area contributed by atoms with Gasteiger partial charge in [-0.25, -0.2) is 9.59 Å². The molecule has 0 bridgehead atoms. The number of likely N-dealkylation sites (tertiary alicyclic amines) is 1. The Morgan fingerprint density at radius 3 is 2.44 bits per heavy atom. The zero-order chi connectivity index (χ0) is 12.1. The number of amides is 1.